The summed E-state index contributed by atoms with van der Waals surface area (Å²) in [7, 11) is 0. The number of halogens is 1. The van der Waals surface area contributed by atoms with E-state index in [-0.39, 0.29) is 11.8 Å². The summed E-state index contributed by atoms with van der Waals surface area (Å²) in [5.74, 6) is 0.187. The summed E-state index contributed by atoms with van der Waals surface area (Å²) in [5.41, 5.74) is 1.35. The number of unbranched alkanes of at least 4 members (excludes halogenated alkanes) is 1. The topological polar surface area (TPSA) is 58.2 Å². The minimum atomic E-state index is -0.102. The Morgan fingerprint density at radius 1 is 1.00 bits per heavy atom. The Morgan fingerprint density at radius 2 is 1.64 bits per heavy atom. The van der Waals surface area contributed by atoms with Gasteiger partial charge in [-0.1, -0.05) is 31.0 Å². The van der Waals surface area contributed by atoms with Gasteiger partial charge >= 0.3 is 0 Å². The Labute approximate surface area is 157 Å². The van der Waals surface area contributed by atoms with Gasteiger partial charge in [-0.25, -0.2) is 0 Å². The zero-order valence-electron chi connectivity index (χ0n) is 14.0. The summed E-state index contributed by atoms with van der Waals surface area (Å²) >= 11 is 7.28. The second-order valence-electron chi connectivity index (χ2n) is 5.52. The molecule has 0 aliphatic carbocycles. The average Bonchev–Trinajstić information content (AvgIpc) is 2.60. The van der Waals surface area contributed by atoms with Gasteiger partial charge in [0.2, 0.25) is 11.8 Å². The van der Waals surface area contributed by atoms with Crippen LogP contribution in [0.1, 0.15) is 26.2 Å². The van der Waals surface area contributed by atoms with Crippen molar-refractivity contribution in [1.82, 2.24) is 0 Å². The summed E-state index contributed by atoms with van der Waals surface area (Å²) in [5, 5.41) is 6.36. The number of amides is 2. The van der Waals surface area contributed by atoms with E-state index in [1.54, 1.807) is 30.3 Å². The van der Waals surface area contributed by atoms with Crippen molar-refractivity contribution in [3.05, 3.63) is 53.6 Å². The first-order valence-electron chi connectivity index (χ1n) is 8.15. The zero-order chi connectivity index (χ0) is 18.1. The van der Waals surface area contributed by atoms with Crippen LogP contribution in [0.2, 0.25) is 5.02 Å². The number of rotatable bonds is 8. The first kappa shape index (κ1) is 19.3. The van der Waals surface area contributed by atoms with Crippen molar-refractivity contribution in [2.24, 2.45) is 0 Å². The molecule has 0 unspecified atom stereocenters. The van der Waals surface area contributed by atoms with Gasteiger partial charge in [0.05, 0.1) is 5.75 Å². The van der Waals surface area contributed by atoms with Crippen molar-refractivity contribution >= 4 is 46.6 Å². The quantitative estimate of drug-likeness (QED) is 0.622. The Morgan fingerprint density at radius 3 is 2.28 bits per heavy atom. The van der Waals surface area contributed by atoms with Crippen molar-refractivity contribution < 1.29 is 9.59 Å². The van der Waals surface area contributed by atoms with Gasteiger partial charge in [0.15, 0.2) is 0 Å². The van der Waals surface area contributed by atoms with E-state index in [0.717, 1.165) is 17.7 Å². The largest absolute Gasteiger partial charge is 0.326 e. The molecule has 0 aromatic heterocycles. The molecule has 0 atom stereocenters. The zero-order valence-corrected chi connectivity index (χ0v) is 15.6. The predicted octanol–water partition coefficient (Wildman–Crippen LogP) is 5.20. The predicted molar refractivity (Wildman–Crippen MR) is 105 cm³/mol. The van der Waals surface area contributed by atoms with E-state index < -0.39 is 0 Å². The number of hydrogen-bond acceptors (Lipinski definition) is 3. The van der Waals surface area contributed by atoms with Gasteiger partial charge in [-0.15, -0.1) is 11.8 Å². The van der Waals surface area contributed by atoms with E-state index in [1.807, 2.05) is 25.1 Å². The number of nitrogens with one attached hydrogen (secondary N) is 2. The Bertz CT molecular complexity index is 720. The molecule has 4 nitrogen and oxygen atoms in total. The highest BCUT2D eigenvalue weighted by Gasteiger charge is 2.06. The van der Waals surface area contributed by atoms with Crippen LogP contribution in [0.3, 0.4) is 0 Å². The molecule has 0 bridgehead atoms. The molecule has 0 aliphatic heterocycles. The number of carbonyl (C=O) groups excluding carboxylic acids is 2. The maximum Gasteiger partial charge on any atom is 0.234 e. The third kappa shape index (κ3) is 7.20. The SMILES string of the molecule is CCCCC(=O)Nc1cccc(NC(=O)CSc2ccc(Cl)cc2)c1. The number of thioether (sulfide) groups is 1. The Hall–Kier alpha value is -1.98. The van der Waals surface area contributed by atoms with Gasteiger partial charge in [-0.2, -0.15) is 0 Å². The molecular weight excluding hydrogens is 356 g/mol. The molecule has 2 aromatic carbocycles. The van der Waals surface area contributed by atoms with Gasteiger partial charge in [-0.3, -0.25) is 9.59 Å². The van der Waals surface area contributed by atoms with Crippen LogP contribution in [0, 0.1) is 0 Å². The number of carbonyl (C=O) groups is 2. The Balaban J connectivity index is 1.84. The number of hydrogen-bond donors (Lipinski definition) is 2. The van der Waals surface area contributed by atoms with Crippen molar-refractivity contribution in [1.29, 1.82) is 0 Å². The van der Waals surface area contributed by atoms with E-state index in [0.29, 0.717) is 28.6 Å². The van der Waals surface area contributed by atoms with Crippen LogP contribution in [0.15, 0.2) is 53.4 Å². The highest BCUT2D eigenvalue weighted by Crippen LogP contribution is 2.21. The average molecular weight is 377 g/mol. The lowest BCUT2D eigenvalue weighted by molar-refractivity contribution is -0.116. The fourth-order valence-electron chi connectivity index (χ4n) is 2.11. The third-order valence-corrected chi connectivity index (χ3v) is 4.64. The van der Waals surface area contributed by atoms with Crippen molar-refractivity contribution in [2.45, 2.75) is 31.1 Å². The molecule has 25 heavy (non-hydrogen) atoms. The van der Waals surface area contributed by atoms with E-state index in [1.165, 1.54) is 11.8 Å². The second kappa shape index (κ2) is 10.1. The lowest BCUT2D eigenvalue weighted by atomic mass is 10.2. The minimum Gasteiger partial charge on any atom is -0.326 e. The molecule has 2 N–H and O–H groups in total. The summed E-state index contributed by atoms with van der Waals surface area (Å²) in [4.78, 5) is 24.8. The highest BCUT2D eigenvalue weighted by atomic mass is 35.5. The van der Waals surface area contributed by atoms with E-state index in [2.05, 4.69) is 10.6 Å². The monoisotopic (exact) mass is 376 g/mol. The van der Waals surface area contributed by atoms with Crippen LogP contribution in [0.5, 0.6) is 0 Å². The molecular formula is C19H21ClN2O2S. The lowest BCUT2D eigenvalue weighted by Crippen LogP contribution is -2.15. The lowest BCUT2D eigenvalue weighted by Gasteiger charge is -2.09. The fourth-order valence-corrected chi connectivity index (χ4v) is 2.94. The molecule has 0 aliphatic rings. The molecule has 0 spiro atoms. The van der Waals surface area contributed by atoms with Gasteiger partial charge in [-0.05, 0) is 48.9 Å². The third-order valence-electron chi connectivity index (χ3n) is 3.37. The van der Waals surface area contributed by atoms with E-state index in [9.17, 15) is 9.59 Å². The summed E-state index contributed by atoms with van der Waals surface area (Å²) in [6.45, 7) is 2.05. The van der Waals surface area contributed by atoms with Crippen LogP contribution in [0.25, 0.3) is 0 Å². The van der Waals surface area contributed by atoms with Crippen molar-refractivity contribution in [3.8, 4) is 0 Å². The standard InChI is InChI=1S/C19H21ClN2O2S/c1-2-3-7-18(23)21-15-5-4-6-16(12-15)22-19(24)13-25-17-10-8-14(20)9-11-17/h4-6,8-12H,2-3,7,13H2,1H3,(H,21,23)(H,22,24). The summed E-state index contributed by atoms with van der Waals surface area (Å²) in [6.07, 6.45) is 2.35. The summed E-state index contributed by atoms with van der Waals surface area (Å²) < 4.78 is 0. The smallest absolute Gasteiger partial charge is 0.234 e. The van der Waals surface area contributed by atoms with E-state index in [4.69, 9.17) is 11.6 Å². The minimum absolute atomic E-state index is 0.0105. The Kier molecular flexibility index (Phi) is 7.82. The molecule has 0 radical (unpaired) electrons. The van der Waals surface area contributed by atoms with Crippen LogP contribution >= 0.6 is 23.4 Å². The molecule has 0 heterocycles. The fraction of sp³-hybridized carbons (Fsp3) is 0.263. The number of anilines is 2. The molecule has 0 fully saturated rings. The van der Waals surface area contributed by atoms with Crippen LogP contribution < -0.4 is 10.6 Å². The van der Waals surface area contributed by atoms with E-state index >= 15 is 0 Å². The first-order chi connectivity index (χ1) is 12.1. The maximum atomic E-state index is 12.1. The van der Waals surface area contributed by atoms with Crippen molar-refractivity contribution in [3.63, 3.8) is 0 Å². The van der Waals surface area contributed by atoms with Gasteiger partial charge in [0, 0.05) is 27.7 Å². The molecule has 6 heteroatoms. The number of benzene rings is 2. The van der Waals surface area contributed by atoms with Gasteiger partial charge < -0.3 is 10.6 Å². The van der Waals surface area contributed by atoms with Gasteiger partial charge in [0.1, 0.15) is 0 Å². The van der Waals surface area contributed by atoms with Crippen LogP contribution in [-0.2, 0) is 9.59 Å². The van der Waals surface area contributed by atoms with Crippen LogP contribution in [-0.4, -0.2) is 17.6 Å². The normalized spacial score (nSPS) is 10.3. The summed E-state index contributed by atoms with van der Waals surface area (Å²) in [6, 6.07) is 14.5. The van der Waals surface area contributed by atoms with Crippen LogP contribution in [0.4, 0.5) is 11.4 Å². The molecule has 0 saturated heterocycles. The second-order valence-corrected chi connectivity index (χ2v) is 7.01. The van der Waals surface area contributed by atoms with Crippen molar-refractivity contribution in [2.75, 3.05) is 16.4 Å². The molecule has 0 saturated carbocycles. The van der Waals surface area contributed by atoms with Gasteiger partial charge in [0.25, 0.3) is 0 Å². The molecule has 132 valence electrons. The molecule has 2 amide bonds. The molecule has 2 aromatic rings. The highest BCUT2D eigenvalue weighted by molar-refractivity contribution is 8.00. The molecule has 2 rings (SSSR count). The maximum absolute atomic E-state index is 12.1. The first-order valence-corrected chi connectivity index (χ1v) is 9.51.